The van der Waals surface area contributed by atoms with Gasteiger partial charge in [-0.15, -0.1) is 0 Å². The van der Waals surface area contributed by atoms with Crippen LogP contribution in [0.25, 0.3) is 0 Å². The van der Waals surface area contributed by atoms with Crippen LogP contribution in [0.3, 0.4) is 0 Å². The maximum atomic E-state index is 12.2. The molecule has 0 saturated carbocycles. The van der Waals surface area contributed by atoms with Crippen LogP contribution in [0.1, 0.15) is 45.2 Å². The summed E-state index contributed by atoms with van der Waals surface area (Å²) in [4.78, 5) is 28.3. The molecule has 3 aromatic rings. The summed E-state index contributed by atoms with van der Waals surface area (Å²) in [6.45, 7) is 0.460. The van der Waals surface area contributed by atoms with Crippen LogP contribution < -0.4 is 5.32 Å². The molecule has 26 heavy (non-hydrogen) atoms. The van der Waals surface area contributed by atoms with Gasteiger partial charge in [0.2, 0.25) is 0 Å². The molecule has 0 aliphatic rings. The molecule has 1 N–H and O–H groups in total. The smallest absolute Gasteiger partial charge is 0.269 e. The number of nitrogens with zero attached hydrogens (tertiary/aromatic N) is 1. The van der Waals surface area contributed by atoms with Crippen LogP contribution >= 0.6 is 0 Å². The van der Waals surface area contributed by atoms with Crippen LogP contribution in [0.4, 0.5) is 0 Å². The van der Waals surface area contributed by atoms with Gasteiger partial charge in [0.25, 0.3) is 5.91 Å². The predicted octanol–water partition coefficient (Wildman–Crippen LogP) is 3.45. The number of furan rings is 2. The van der Waals surface area contributed by atoms with E-state index in [2.05, 4.69) is 10.3 Å². The van der Waals surface area contributed by atoms with Gasteiger partial charge in [-0.05, 0) is 42.8 Å². The van der Waals surface area contributed by atoms with Crippen molar-refractivity contribution in [2.45, 2.75) is 25.7 Å². The first-order valence-electron chi connectivity index (χ1n) is 8.54. The number of nitrogens with one attached hydrogen (secondary N) is 1. The molecule has 0 fully saturated rings. The zero-order valence-electron chi connectivity index (χ0n) is 14.3. The number of carbonyl (C=O) groups is 2. The summed E-state index contributed by atoms with van der Waals surface area (Å²) < 4.78 is 10.5. The van der Waals surface area contributed by atoms with Gasteiger partial charge in [-0.25, -0.2) is 0 Å². The summed E-state index contributed by atoms with van der Waals surface area (Å²) in [6, 6.07) is 10.6. The number of rotatable bonds is 9. The lowest BCUT2D eigenvalue weighted by atomic mass is 10.1. The van der Waals surface area contributed by atoms with Gasteiger partial charge in [-0.2, -0.15) is 0 Å². The van der Waals surface area contributed by atoms with Crippen molar-refractivity contribution in [1.82, 2.24) is 10.3 Å². The SMILES string of the molecule is O=C(CCCc1ccco1)c1ccc(C(=O)NCCc2ccco2)nc1. The number of Topliss-reactive ketones (excluding diaryl/α,β-unsaturated/α-hetero) is 1. The lowest BCUT2D eigenvalue weighted by Crippen LogP contribution is -2.26. The number of ketones is 1. The highest BCUT2D eigenvalue weighted by Crippen LogP contribution is 2.10. The van der Waals surface area contributed by atoms with Crippen molar-refractivity contribution >= 4 is 11.7 Å². The van der Waals surface area contributed by atoms with E-state index in [1.807, 2.05) is 24.3 Å². The molecule has 3 rings (SSSR count). The first-order valence-corrected chi connectivity index (χ1v) is 8.54. The molecule has 3 aromatic heterocycles. The lowest BCUT2D eigenvalue weighted by Gasteiger charge is -2.05. The average Bonchev–Trinajstić information content (AvgIpc) is 3.36. The fraction of sp³-hybridized carbons (Fsp3) is 0.250. The third-order valence-electron chi connectivity index (χ3n) is 3.96. The first-order chi connectivity index (χ1) is 12.7. The fourth-order valence-electron chi connectivity index (χ4n) is 2.56. The largest absolute Gasteiger partial charge is 0.469 e. The standard InChI is InChI=1S/C20H20N2O4/c23-19(7-1-4-16-5-2-12-25-16)15-8-9-18(22-14-15)20(24)21-11-10-17-6-3-13-26-17/h2-3,5-6,8-9,12-14H,1,4,7,10-11H2,(H,21,24). The van der Waals surface area contributed by atoms with Gasteiger partial charge in [-0.1, -0.05) is 0 Å². The normalized spacial score (nSPS) is 10.6. The van der Waals surface area contributed by atoms with Gasteiger partial charge >= 0.3 is 0 Å². The van der Waals surface area contributed by atoms with Gasteiger partial charge in [0.15, 0.2) is 5.78 Å². The van der Waals surface area contributed by atoms with Gasteiger partial charge in [0.05, 0.1) is 12.5 Å². The van der Waals surface area contributed by atoms with Gasteiger partial charge < -0.3 is 14.2 Å². The molecule has 0 unspecified atom stereocenters. The second-order valence-electron chi connectivity index (χ2n) is 5.87. The molecule has 0 aliphatic heterocycles. The molecule has 134 valence electrons. The minimum atomic E-state index is -0.270. The van der Waals surface area contributed by atoms with E-state index in [1.165, 1.54) is 6.20 Å². The van der Waals surface area contributed by atoms with Crippen LogP contribution in [0.15, 0.2) is 64.0 Å². The zero-order chi connectivity index (χ0) is 18.2. The molecule has 0 spiro atoms. The highest BCUT2D eigenvalue weighted by Gasteiger charge is 2.11. The van der Waals surface area contributed by atoms with Gasteiger partial charge in [-0.3, -0.25) is 14.6 Å². The van der Waals surface area contributed by atoms with E-state index < -0.39 is 0 Å². The van der Waals surface area contributed by atoms with Crippen molar-refractivity contribution in [2.24, 2.45) is 0 Å². The predicted molar refractivity (Wildman–Crippen MR) is 95.0 cm³/mol. The van der Waals surface area contributed by atoms with Crippen molar-refractivity contribution in [3.05, 3.63) is 77.9 Å². The van der Waals surface area contributed by atoms with Crippen molar-refractivity contribution in [2.75, 3.05) is 6.54 Å². The fourth-order valence-corrected chi connectivity index (χ4v) is 2.56. The summed E-state index contributed by atoms with van der Waals surface area (Å²) in [5.74, 6) is 1.42. The molecule has 0 bridgehead atoms. The summed E-state index contributed by atoms with van der Waals surface area (Å²) in [6.07, 6.45) is 7.14. The highest BCUT2D eigenvalue weighted by atomic mass is 16.3. The van der Waals surface area contributed by atoms with Crippen molar-refractivity contribution in [3.63, 3.8) is 0 Å². The molecular formula is C20H20N2O4. The molecule has 3 heterocycles. The number of pyridine rings is 1. The zero-order valence-corrected chi connectivity index (χ0v) is 14.3. The van der Waals surface area contributed by atoms with Crippen LogP contribution in [0.5, 0.6) is 0 Å². The quantitative estimate of drug-likeness (QED) is 0.596. The summed E-state index contributed by atoms with van der Waals surface area (Å²) >= 11 is 0. The molecule has 0 aliphatic carbocycles. The van der Waals surface area contributed by atoms with Crippen LogP contribution in [0.2, 0.25) is 0 Å². The number of hydrogen-bond acceptors (Lipinski definition) is 5. The minimum Gasteiger partial charge on any atom is -0.469 e. The van der Waals surface area contributed by atoms with Crippen LogP contribution in [0, 0.1) is 0 Å². The van der Waals surface area contributed by atoms with Crippen molar-refractivity contribution in [3.8, 4) is 0 Å². The van der Waals surface area contributed by atoms with E-state index in [1.54, 1.807) is 24.7 Å². The Labute approximate surface area is 151 Å². The molecule has 0 radical (unpaired) electrons. The molecule has 6 heteroatoms. The molecule has 0 aromatic carbocycles. The molecular weight excluding hydrogens is 332 g/mol. The maximum Gasteiger partial charge on any atom is 0.269 e. The monoisotopic (exact) mass is 352 g/mol. The maximum absolute atomic E-state index is 12.2. The van der Waals surface area contributed by atoms with Crippen molar-refractivity contribution < 1.29 is 18.4 Å². The number of hydrogen-bond donors (Lipinski definition) is 1. The number of amides is 1. The van der Waals surface area contributed by atoms with E-state index in [9.17, 15) is 9.59 Å². The Kier molecular flexibility index (Phi) is 5.98. The third-order valence-corrected chi connectivity index (χ3v) is 3.96. The van der Waals surface area contributed by atoms with E-state index in [-0.39, 0.29) is 17.4 Å². The number of carbonyl (C=O) groups excluding carboxylic acids is 2. The van der Waals surface area contributed by atoms with E-state index in [0.29, 0.717) is 31.4 Å². The Balaban J connectivity index is 1.44. The second-order valence-corrected chi connectivity index (χ2v) is 5.87. The Hall–Kier alpha value is -3.15. The van der Waals surface area contributed by atoms with Crippen LogP contribution in [-0.4, -0.2) is 23.2 Å². The Morgan fingerprint density at radius 2 is 1.69 bits per heavy atom. The Bertz CT molecular complexity index is 750. The van der Waals surface area contributed by atoms with E-state index in [4.69, 9.17) is 8.83 Å². The molecule has 1 amide bonds. The number of aryl methyl sites for hydroxylation is 1. The minimum absolute atomic E-state index is 0.00818. The number of aromatic nitrogens is 1. The topological polar surface area (TPSA) is 85.3 Å². The summed E-state index contributed by atoms with van der Waals surface area (Å²) in [5, 5.41) is 2.78. The highest BCUT2D eigenvalue weighted by molar-refractivity contribution is 5.97. The lowest BCUT2D eigenvalue weighted by molar-refractivity contribution is 0.0944. The average molecular weight is 352 g/mol. The first kappa shape index (κ1) is 17.7. The molecule has 0 saturated heterocycles. The van der Waals surface area contributed by atoms with Gasteiger partial charge in [0, 0.05) is 37.6 Å². The molecule has 0 atom stereocenters. The third kappa shape index (κ3) is 4.92. The van der Waals surface area contributed by atoms with Crippen molar-refractivity contribution in [1.29, 1.82) is 0 Å². The van der Waals surface area contributed by atoms with Gasteiger partial charge in [0.1, 0.15) is 17.2 Å². The Morgan fingerprint density at radius 1 is 0.962 bits per heavy atom. The second kappa shape index (κ2) is 8.80. The summed E-state index contributed by atoms with van der Waals surface area (Å²) in [7, 11) is 0. The van der Waals surface area contributed by atoms with E-state index in [0.717, 1.165) is 17.9 Å². The Morgan fingerprint density at radius 3 is 2.31 bits per heavy atom. The summed E-state index contributed by atoms with van der Waals surface area (Å²) in [5.41, 5.74) is 0.799. The van der Waals surface area contributed by atoms with E-state index >= 15 is 0 Å². The molecule has 6 nitrogen and oxygen atoms in total. The van der Waals surface area contributed by atoms with Crippen LogP contribution in [-0.2, 0) is 12.8 Å².